The highest BCUT2D eigenvalue weighted by Gasteiger charge is 2.02. The fourth-order valence-electron chi connectivity index (χ4n) is 1.50. The molecule has 90 valence electrons. The Morgan fingerprint density at radius 1 is 1.35 bits per heavy atom. The lowest BCUT2D eigenvalue weighted by atomic mass is 10.4. The smallest absolute Gasteiger partial charge is 0.189 e. The van der Waals surface area contributed by atoms with E-state index in [2.05, 4.69) is 19.5 Å². The van der Waals surface area contributed by atoms with Crippen molar-refractivity contribution in [2.75, 3.05) is 11.5 Å². The Morgan fingerprint density at radius 2 is 2.18 bits per heavy atom. The van der Waals surface area contributed by atoms with Crippen molar-refractivity contribution in [2.45, 2.75) is 25.5 Å². The maximum atomic E-state index is 5.67. The number of hydrogen-bond acceptors (Lipinski definition) is 5. The van der Waals surface area contributed by atoms with Gasteiger partial charge in [-0.05, 0) is 13.8 Å². The lowest BCUT2D eigenvalue weighted by Gasteiger charge is -2.05. The predicted molar refractivity (Wildman–Crippen MR) is 68.9 cm³/mol. The van der Waals surface area contributed by atoms with Crippen LogP contribution in [0.1, 0.15) is 11.5 Å². The van der Waals surface area contributed by atoms with E-state index in [-0.39, 0.29) is 0 Å². The molecule has 17 heavy (non-hydrogen) atoms. The van der Waals surface area contributed by atoms with Crippen LogP contribution in [0.4, 0.5) is 5.82 Å². The summed E-state index contributed by atoms with van der Waals surface area (Å²) in [5, 5.41) is 0.736. The first kappa shape index (κ1) is 11.9. The first-order chi connectivity index (χ1) is 8.15. The van der Waals surface area contributed by atoms with Crippen LogP contribution in [0.15, 0.2) is 23.6 Å². The molecule has 0 fully saturated rings. The van der Waals surface area contributed by atoms with Gasteiger partial charge >= 0.3 is 0 Å². The summed E-state index contributed by atoms with van der Waals surface area (Å²) in [5.41, 5.74) is 6.57. The van der Waals surface area contributed by atoms with E-state index in [1.165, 1.54) is 0 Å². The van der Waals surface area contributed by atoms with Gasteiger partial charge in [0.15, 0.2) is 5.16 Å². The number of rotatable bonds is 4. The number of thioether (sulfide) groups is 1. The van der Waals surface area contributed by atoms with E-state index in [1.54, 1.807) is 24.0 Å². The van der Waals surface area contributed by atoms with Crippen molar-refractivity contribution >= 4 is 17.6 Å². The minimum Gasteiger partial charge on any atom is -0.384 e. The number of anilines is 1. The van der Waals surface area contributed by atoms with Crippen LogP contribution in [0, 0.1) is 13.8 Å². The van der Waals surface area contributed by atoms with Crippen LogP contribution in [0.3, 0.4) is 0 Å². The molecule has 0 aliphatic carbocycles. The minimum absolute atomic E-state index is 0.527. The third-order valence-electron chi connectivity index (χ3n) is 2.34. The molecule has 2 rings (SSSR count). The van der Waals surface area contributed by atoms with Gasteiger partial charge in [0.2, 0.25) is 0 Å². The topological polar surface area (TPSA) is 69.6 Å². The van der Waals surface area contributed by atoms with Gasteiger partial charge in [-0.25, -0.2) is 15.0 Å². The number of aromatic nitrogens is 4. The van der Waals surface area contributed by atoms with Gasteiger partial charge in [0.25, 0.3) is 0 Å². The summed E-state index contributed by atoms with van der Waals surface area (Å²) in [7, 11) is 0. The number of aryl methyl sites for hydroxylation is 3. The average Bonchev–Trinajstić information content (AvgIpc) is 2.63. The Morgan fingerprint density at radius 3 is 2.82 bits per heavy atom. The molecule has 0 aliphatic rings. The zero-order valence-corrected chi connectivity index (χ0v) is 10.7. The Bertz CT molecular complexity index is 488. The zero-order chi connectivity index (χ0) is 12.3. The maximum absolute atomic E-state index is 5.67. The second kappa shape index (κ2) is 5.18. The summed E-state index contributed by atoms with van der Waals surface area (Å²) in [4.78, 5) is 12.7. The first-order valence-electron chi connectivity index (χ1n) is 5.37. The van der Waals surface area contributed by atoms with Crippen molar-refractivity contribution in [2.24, 2.45) is 0 Å². The SMILES string of the molecule is Cc1cc(N)nc(SCCn2ccnc2C)n1. The molecule has 0 amide bonds. The fourth-order valence-corrected chi connectivity index (χ4v) is 2.35. The van der Waals surface area contributed by atoms with Crippen LogP contribution in [0.5, 0.6) is 0 Å². The summed E-state index contributed by atoms with van der Waals surface area (Å²) in [5.74, 6) is 2.45. The van der Waals surface area contributed by atoms with Crippen LogP contribution >= 0.6 is 11.8 Å². The average molecular weight is 249 g/mol. The normalized spacial score (nSPS) is 10.7. The Hall–Kier alpha value is -1.56. The van der Waals surface area contributed by atoms with Crippen molar-refractivity contribution < 1.29 is 0 Å². The van der Waals surface area contributed by atoms with E-state index >= 15 is 0 Å². The van der Waals surface area contributed by atoms with E-state index in [0.717, 1.165) is 29.0 Å². The zero-order valence-electron chi connectivity index (χ0n) is 9.92. The van der Waals surface area contributed by atoms with E-state index in [4.69, 9.17) is 5.73 Å². The lowest BCUT2D eigenvalue weighted by Crippen LogP contribution is -2.03. The highest BCUT2D eigenvalue weighted by Crippen LogP contribution is 2.15. The molecule has 0 unspecified atom stereocenters. The van der Waals surface area contributed by atoms with Crippen molar-refractivity contribution in [1.29, 1.82) is 0 Å². The van der Waals surface area contributed by atoms with Gasteiger partial charge < -0.3 is 10.3 Å². The summed E-state index contributed by atoms with van der Waals surface area (Å²) < 4.78 is 2.10. The second-order valence-corrected chi connectivity index (χ2v) is 4.80. The Balaban J connectivity index is 1.92. The summed E-state index contributed by atoms with van der Waals surface area (Å²) in [6.07, 6.45) is 3.78. The molecule has 2 N–H and O–H groups in total. The van der Waals surface area contributed by atoms with E-state index in [1.807, 2.05) is 20.0 Å². The van der Waals surface area contributed by atoms with Gasteiger partial charge in [0, 0.05) is 36.5 Å². The second-order valence-electron chi connectivity index (χ2n) is 3.73. The monoisotopic (exact) mass is 249 g/mol. The molecule has 0 saturated carbocycles. The largest absolute Gasteiger partial charge is 0.384 e. The summed E-state index contributed by atoms with van der Waals surface area (Å²) in [6, 6.07) is 1.77. The molecular weight excluding hydrogens is 234 g/mol. The van der Waals surface area contributed by atoms with Crippen molar-refractivity contribution in [1.82, 2.24) is 19.5 Å². The molecular formula is C11H15N5S. The number of nitrogens with two attached hydrogens (primary N) is 1. The Labute approximate surface area is 104 Å². The van der Waals surface area contributed by atoms with E-state index in [9.17, 15) is 0 Å². The van der Waals surface area contributed by atoms with Gasteiger partial charge in [-0.2, -0.15) is 0 Å². The van der Waals surface area contributed by atoms with Crippen LogP contribution < -0.4 is 5.73 Å². The molecule has 6 heteroatoms. The molecule has 0 bridgehead atoms. The van der Waals surface area contributed by atoms with Crippen LogP contribution in [-0.2, 0) is 6.54 Å². The van der Waals surface area contributed by atoms with Gasteiger partial charge in [0.1, 0.15) is 11.6 Å². The van der Waals surface area contributed by atoms with Crippen LogP contribution in [-0.4, -0.2) is 25.3 Å². The van der Waals surface area contributed by atoms with Crippen molar-refractivity contribution in [3.05, 3.63) is 30.0 Å². The van der Waals surface area contributed by atoms with Gasteiger partial charge in [0.05, 0.1) is 0 Å². The highest BCUT2D eigenvalue weighted by molar-refractivity contribution is 7.99. The molecule has 0 spiro atoms. The summed E-state index contributed by atoms with van der Waals surface area (Å²) >= 11 is 1.60. The minimum atomic E-state index is 0.527. The Kier molecular flexibility index (Phi) is 3.63. The standard InChI is InChI=1S/C11H15N5S/c1-8-7-10(12)15-11(14-8)17-6-5-16-4-3-13-9(16)2/h3-4,7H,5-6H2,1-2H3,(H2,12,14,15). The third-order valence-corrected chi connectivity index (χ3v) is 3.17. The molecule has 2 aromatic heterocycles. The molecule has 0 aliphatic heterocycles. The maximum Gasteiger partial charge on any atom is 0.189 e. The molecule has 2 heterocycles. The van der Waals surface area contributed by atoms with E-state index in [0.29, 0.717) is 5.82 Å². The fraction of sp³-hybridized carbons (Fsp3) is 0.364. The molecule has 0 saturated heterocycles. The number of nitrogens with zero attached hydrogens (tertiary/aromatic N) is 4. The third kappa shape index (κ3) is 3.20. The molecule has 5 nitrogen and oxygen atoms in total. The van der Waals surface area contributed by atoms with Crippen LogP contribution in [0.25, 0.3) is 0 Å². The molecule has 0 atom stereocenters. The quantitative estimate of drug-likeness (QED) is 0.659. The van der Waals surface area contributed by atoms with Crippen molar-refractivity contribution in [3.8, 4) is 0 Å². The summed E-state index contributed by atoms with van der Waals surface area (Å²) in [6.45, 7) is 4.81. The number of imidazole rings is 1. The highest BCUT2D eigenvalue weighted by atomic mass is 32.2. The predicted octanol–water partition coefficient (Wildman–Crippen LogP) is 1.66. The number of hydrogen-bond donors (Lipinski definition) is 1. The lowest BCUT2D eigenvalue weighted by molar-refractivity contribution is 0.736. The molecule has 0 aromatic carbocycles. The van der Waals surface area contributed by atoms with Gasteiger partial charge in [-0.3, -0.25) is 0 Å². The van der Waals surface area contributed by atoms with Gasteiger partial charge in [-0.1, -0.05) is 11.8 Å². The van der Waals surface area contributed by atoms with E-state index < -0.39 is 0 Å². The molecule has 0 radical (unpaired) electrons. The van der Waals surface area contributed by atoms with Crippen molar-refractivity contribution in [3.63, 3.8) is 0 Å². The molecule has 2 aromatic rings. The first-order valence-corrected chi connectivity index (χ1v) is 6.35. The van der Waals surface area contributed by atoms with Gasteiger partial charge in [-0.15, -0.1) is 0 Å². The number of nitrogen functional groups attached to an aromatic ring is 1. The van der Waals surface area contributed by atoms with Crippen LogP contribution in [0.2, 0.25) is 0 Å².